The van der Waals surface area contributed by atoms with Crippen LogP contribution < -0.4 is 0 Å². The number of ether oxygens (including phenoxy) is 2. The van der Waals surface area contributed by atoms with E-state index in [4.69, 9.17) is 14.7 Å². The molecule has 3 aromatic carbocycles. The molecule has 174 valence electrons. The highest BCUT2D eigenvalue weighted by Crippen LogP contribution is 2.42. The van der Waals surface area contributed by atoms with E-state index in [0.29, 0.717) is 34.6 Å². The van der Waals surface area contributed by atoms with Crippen molar-refractivity contribution >= 4 is 11.8 Å². The van der Waals surface area contributed by atoms with Crippen LogP contribution in [0, 0.1) is 11.3 Å². The minimum absolute atomic E-state index is 0.120. The standard InChI is InChI=1S/C30H25NO4/c1-20(32)27-26(17-22-13-15-23(18-31)16-14-22)35-21(2)28(29(27)25-11-7-4-8-12-25)30(33)34-19-24-9-5-3-6-10-24/h3-16,29H,17,19H2,1-2H3/t29-/m1/s1. The second-order valence-corrected chi connectivity index (χ2v) is 8.36. The number of rotatable bonds is 7. The number of hydrogen-bond acceptors (Lipinski definition) is 5. The van der Waals surface area contributed by atoms with Crippen molar-refractivity contribution in [3.8, 4) is 6.07 Å². The zero-order valence-electron chi connectivity index (χ0n) is 19.7. The molecule has 1 atom stereocenters. The van der Waals surface area contributed by atoms with Crippen LogP contribution in [0.3, 0.4) is 0 Å². The number of carbonyl (C=O) groups excluding carboxylic acids is 2. The van der Waals surface area contributed by atoms with E-state index < -0.39 is 11.9 Å². The van der Waals surface area contributed by atoms with E-state index in [1.165, 1.54) is 6.92 Å². The predicted octanol–water partition coefficient (Wildman–Crippen LogP) is 5.78. The number of carbonyl (C=O) groups is 2. The van der Waals surface area contributed by atoms with Crippen LogP contribution in [0.2, 0.25) is 0 Å². The topological polar surface area (TPSA) is 76.4 Å². The van der Waals surface area contributed by atoms with Crippen molar-refractivity contribution in [2.45, 2.75) is 32.8 Å². The van der Waals surface area contributed by atoms with Gasteiger partial charge in [-0.15, -0.1) is 0 Å². The lowest BCUT2D eigenvalue weighted by atomic mass is 9.79. The molecule has 0 aromatic heterocycles. The van der Waals surface area contributed by atoms with Gasteiger partial charge in [-0.1, -0.05) is 72.8 Å². The molecule has 1 aliphatic heterocycles. The summed E-state index contributed by atoms with van der Waals surface area (Å²) in [6, 6.07) is 28.1. The van der Waals surface area contributed by atoms with Gasteiger partial charge in [0, 0.05) is 12.0 Å². The SMILES string of the molecule is CC(=O)C1=C(Cc2ccc(C#N)cc2)OC(C)=C(C(=O)OCc2ccccc2)[C@@H]1c1ccccc1. The molecule has 0 fully saturated rings. The highest BCUT2D eigenvalue weighted by Gasteiger charge is 2.38. The van der Waals surface area contributed by atoms with Crippen LogP contribution in [0.5, 0.6) is 0 Å². The lowest BCUT2D eigenvalue weighted by molar-refractivity contribution is -0.140. The Labute approximate surface area is 204 Å². The van der Waals surface area contributed by atoms with E-state index >= 15 is 0 Å². The van der Waals surface area contributed by atoms with Crippen molar-refractivity contribution < 1.29 is 19.1 Å². The molecule has 0 saturated carbocycles. The van der Waals surface area contributed by atoms with Crippen LogP contribution in [0.25, 0.3) is 0 Å². The summed E-state index contributed by atoms with van der Waals surface area (Å²) in [5.74, 6) is -0.405. The van der Waals surface area contributed by atoms with Crippen LogP contribution in [0.1, 0.15) is 42.0 Å². The highest BCUT2D eigenvalue weighted by molar-refractivity contribution is 6.01. The molecule has 0 aliphatic carbocycles. The Hall–Kier alpha value is -4.43. The van der Waals surface area contributed by atoms with Crippen molar-refractivity contribution in [3.63, 3.8) is 0 Å². The molecule has 4 rings (SSSR count). The lowest BCUT2D eigenvalue weighted by Crippen LogP contribution is -2.27. The largest absolute Gasteiger partial charge is 0.465 e. The first-order valence-electron chi connectivity index (χ1n) is 11.4. The fourth-order valence-corrected chi connectivity index (χ4v) is 4.26. The highest BCUT2D eigenvalue weighted by atomic mass is 16.5. The van der Waals surface area contributed by atoms with Gasteiger partial charge >= 0.3 is 5.97 Å². The normalized spacial score (nSPS) is 15.3. The predicted molar refractivity (Wildman–Crippen MR) is 132 cm³/mol. The van der Waals surface area contributed by atoms with Gasteiger partial charge in [0.1, 0.15) is 18.1 Å². The van der Waals surface area contributed by atoms with Crippen LogP contribution in [0.4, 0.5) is 0 Å². The first-order chi connectivity index (χ1) is 17.0. The minimum atomic E-state index is -0.612. The Morgan fingerprint density at radius 2 is 1.51 bits per heavy atom. The van der Waals surface area contributed by atoms with Gasteiger partial charge in [0.2, 0.25) is 0 Å². The van der Waals surface area contributed by atoms with Gasteiger partial charge < -0.3 is 9.47 Å². The summed E-state index contributed by atoms with van der Waals surface area (Å²) in [6.07, 6.45) is 0.355. The van der Waals surface area contributed by atoms with E-state index in [0.717, 1.165) is 16.7 Å². The van der Waals surface area contributed by atoms with Gasteiger partial charge in [0.25, 0.3) is 0 Å². The van der Waals surface area contributed by atoms with Gasteiger partial charge in [-0.2, -0.15) is 5.26 Å². The van der Waals surface area contributed by atoms with Gasteiger partial charge in [0.15, 0.2) is 5.78 Å². The molecule has 1 aliphatic rings. The Morgan fingerprint density at radius 1 is 0.886 bits per heavy atom. The summed E-state index contributed by atoms with van der Waals surface area (Å²) in [4.78, 5) is 26.3. The maximum Gasteiger partial charge on any atom is 0.338 e. The number of Topliss-reactive ketones (excluding diaryl/α,β-unsaturated/α-hetero) is 1. The number of benzene rings is 3. The van der Waals surface area contributed by atoms with Crippen molar-refractivity contribution in [3.05, 3.63) is 130 Å². The average molecular weight is 464 g/mol. The average Bonchev–Trinajstić information content (AvgIpc) is 2.88. The van der Waals surface area contributed by atoms with E-state index in [1.807, 2.05) is 72.8 Å². The Balaban J connectivity index is 1.73. The van der Waals surface area contributed by atoms with E-state index in [2.05, 4.69) is 6.07 Å². The second kappa shape index (κ2) is 10.7. The first-order valence-corrected chi connectivity index (χ1v) is 11.4. The van der Waals surface area contributed by atoms with E-state index in [9.17, 15) is 9.59 Å². The van der Waals surface area contributed by atoms with Gasteiger partial charge in [-0.3, -0.25) is 4.79 Å². The summed E-state index contributed by atoms with van der Waals surface area (Å²) in [5.41, 5.74) is 3.88. The van der Waals surface area contributed by atoms with Gasteiger partial charge in [-0.05, 0) is 42.7 Å². The number of ketones is 1. The molecule has 0 N–H and O–H groups in total. The Morgan fingerprint density at radius 3 is 2.11 bits per heavy atom. The molecule has 0 amide bonds. The molecule has 0 bridgehead atoms. The quantitative estimate of drug-likeness (QED) is 0.416. The molecule has 5 heteroatoms. The van der Waals surface area contributed by atoms with Crippen molar-refractivity contribution in [1.82, 2.24) is 0 Å². The maximum atomic E-state index is 13.3. The molecular weight excluding hydrogens is 438 g/mol. The monoisotopic (exact) mass is 463 g/mol. The molecule has 3 aromatic rings. The number of nitriles is 1. The Bertz CT molecular complexity index is 1330. The summed E-state index contributed by atoms with van der Waals surface area (Å²) in [6.45, 7) is 3.33. The van der Waals surface area contributed by atoms with Crippen LogP contribution in [0.15, 0.2) is 108 Å². The number of hydrogen-bond donors (Lipinski definition) is 0. The maximum absolute atomic E-state index is 13.3. The molecule has 35 heavy (non-hydrogen) atoms. The first kappa shape index (κ1) is 23.7. The van der Waals surface area contributed by atoms with Crippen molar-refractivity contribution in [1.29, 1.82) is 5.26 Å². The third kappa shape index (κ3) is 5.39. The smallest absolute Gasteiger partial charge is 0.338 e. The Kier molecular flexibility index (Phi) is 7.23. The lowest BCUT2D eigenvalue weighted by Gasteiger charge is -2.30. The van der Waals surface area contributed by atoms with Crippen molar-refractivity contribution in [2.24, 2.45) is 0 Å². The summed E-state index contributed by atoms with van der Waals surface area (Å²) in [5, 5.41) is 9.08. The second-order valence-electron chi connectivity index (χ2n) is 8.36. The third-order valence-electron chi connectivity index (χ3n) is 5.93. The summed E-state index contributed by atoms with van der Waals surface area (Å²) in [7, 11) is 0. The zero-order chi connectivity index (χ0) is 24.8. The number of allylic oxidation sites excluding steroid dienone is 3. The molecule has 1 heterocycles. The van der Waals surface area contributed by atoms with E-state index in [-0.39, 0.29) is 12.4 Å². The number of nitrogens with zero attached hydrogens (tertiary/aromatic N) is 1. The molecule has 0 unspecified atom stereocenters. The van der Waals surface area contributed by atoms with Crippen LogP contribution >= 0.6 is 0 Å². The van der Waals surface area contributed by atoms with Gasteiger partial charge in [-0.25, -0.2) is 4.79 Å². The van der Waals surface area contributed by atoms with Gasteiger partial charge in [0.05, 0.1) is 23.1 Å². The molecular formula is C30H25NO4. The van der Waals surface area contributed by atoms with E-state index in [1.54, 1.807) is 19.1 Å². The van der Waals surface area contributed by atoms with Crippen LogP contribution in [-0.4, -0.2) is 11.8 Å². The molecule has 0 saturated heterocycles. The zero-order valence-corrected chi connectivity index (χ0v) is 19.7. The number of esters is 1. The molecule has 0 spiro atoms. The van der Waals surface area contributed by atoms with Crippen LogP contribution in [-0.2, 0) is 32.1 Å². The minimum Gasteiger partial charge on any atom is -0.465 e. The fraction of sp³-hybridized carbons (Fsp3) is 0.167. The fourth-order valence-electron chi connectivity index (χ4n) is 4.26. The molecule has 0 radical (unpaired) electrons. The molecule has 5 nitrogen and oxygen atoms in total. The summed E-state index contributed by atoms with van der Waals surface area (Å²) < 4.78 is 11.8. The summed E-state index contributed by atoms with van der Waals surface area (Å²) >= 11 is 0. The third-order valence-corrected chi connectivity index (χ3v) is 5.93. The van der Waals surface area contributed by atoms with Crippen molar-refractivity contribution in [2.75, 3.05) is 0 Å².